The van der Waals surface area contributed by atoms with Gasteiger partial charge in [-0.05, 0) is 23.3 Å². The van der Waals surface area contributed by atoms with E-state index in [4.69, 9.17) is 9.68 Å². The highest BCUT2D eigenvalue weighted by atomic mass is 16.3. The van der Waals surface area contributed by atoms with Gasteiger partial charge in [0, 0.05) is 0 Å². The Morgan fingerprint density at radius 2 is 1.89 bits per heavy atom. The van der Waals surface area contributed by atoms with Crippen LogP contribution in [0.5, 0.6) is 0 Å². The first kappa shape index (κ1) is 10.5. The molecule has 2 aromatic carbocycles. The largest absolute Gasteiger partial charge is 0.440 e. The van der Waals surface area contributed by atoms with Gasteiger partial charge in [-0.25, -0.2) is 4.98 Å². The summed E-state index contributed by atoms with van der Waals surface area (Å²) in [4.78, 5) is 4.30. The normalized spacial score (nSPS) is 10.4. The predicted octanol–water partition coefficient (Wildman–Crippen LogP) is 3.56. The molecule has 0 amide bonds. The number of fused-ring (bicyclic) bond motifs is 1. The summed E-state index contributed by atoms with van der Waals surface area (Å²) in [6.45, 7) is 0. The fourth-order valence-electron chi connectivity index (χ4n) is 1.93. The van der Waals surface area contributed by atoms with Crippen LogP contribution >= 0.6 is 0 Å². The maximum absolute atomic E-state index is 8.63. The average Bonchev–Trinajstić information content (AvgIpc) is 2.81. The summed E-state index contributed by atoms with van der Waals surface area (Å²) in [6, 6.07) is 18.0. The maximum Gasteiger partial charge on any atom is 0.209 e. The number of aromatic nitrogens is 1. The summed E-state index contributed by atoms with van der Waals surface area (Å²) >= 11 is 0. The van der Waals surface area contributed by atoms with Gasteiger partial charge in [0.15, 0.2) is 5.58 Å². The number of hydrogen-bond acceptors (Lipinski definition) is 3. The van der Waals surface area contributed by atoms with Crippen LogP contribution in [0.1, 0.15) is 5.89 Å². The summed E-state index contributed by atoms with van der Waals surface area (Å²) < 4.78 is 5.47. The molecule has 0 radical (unpaired) electrons. The molecule has 3 aromatic rings. The Balaban J connectivity index is 2.09. The van der Waals surface area contributed by atoms with Crippen molar-refractivity contribution >= 4 is 11.1 Å². The van der Waals surface area contributed by atoms with Crippen molar-refractivity contribution in [1.82, 2.24) is 4.98 Å². The fraction of sp³-hybridized carbons (Fsp3) is 0.0667. The molecule has 18 heavy (non-hydrogen) atoms. The highest BCUT2D eigenvalue weighted by Crippen LogP contribution is 2.24. The lowest BCUT2D eigenvalue weighted by Gasteiger charge is -1.99. The molecule has 1 aromatic heterocycles. The van der Waals surface area contributed by atoms with Crippen LogP contribution in [-0.2, 0) is 6.42 Å². The molecule has 0 aliphatic heterocycles. The number of nitriles is 1. The molecule has 3 nitrogen and oxygen atoms in total. The van der Waals surface area contributed by atoms with Gasteiger partial charge in [0.25, 0.3) is 0 Å². The van der Waals surface area contributed by atoms with E-state index in [1.807, 2.05) is 42.5 Å². The zero-order chi connectivity index (χ0) is 12.4. The number of nitrogens with zero attached hydrogens (tertiary/aromatic N) is 2. The van der Waals surface area contributed by atoms with Gasteiger partial charge in [0.2, 0.25) is 5.89 Å². The van der Waals surface area contributed by atoms with E-state index in [1.165, 1.54) is 0 Å². The van der Waals surface area contributed by atoms with Gasteiger partial charge in [0.05, 0.1) is 6.07 Å². The molecule has 1 heterocycles. The van der Waals surface area contributed by atoms with Crippen LogP contribution in [0.15, 0.2) is 52.9 Å². The summed E-state index contributed by atoms with van der Waals surface area (Å²) in [5.41, 5.74) is 3.76. The van der Waals surface area contributed by atoms with Crippen LogP contribution in [-0.4, -0.2) is 4.98 Å². The lowest BCUT2D eigenvalue weighted by Crippen LogP contribution is -1.79. The van der Waals surface area contributed by atoms with Gasteiger partial charge in [-0.15, -0.1) is 0 Å². The van der Waals surface area contributed by atoms with E-state index in [9.17, 15) is 0 Å². The van der Waals surface area contributed by atoms with Crippen LogP contribution in [0.4, 0.5) is 0 Å². The van der Waals surface area contributed by atoms with Gasteiger partial charge in [-0.2, -0.15) is 5.26 Å². The number of hydrogen-bond donors (Lipinski definition) is 0. The van der Waals surface area contributed by atoms with Gasteiger partial charge >= 0.3 is 0 Å². The monoisotopic (exact) mass is 234 g/mol. The minimum Gasteiger partial charge on any atom is -0.440 e. The molecular formula is C15H10N2O. The molecule has 0 atom stereocenters. The lowest BCUT2D eigenvalue weighted by molar-refractivity contribution is 0.548. The molecule has 0 aliphatic rings. The van der Waals surface area contributed by atoms with Crippen LogP contribution < -0.4 is 0 Å². The average molecular weight is 234 g/mol. The molecule has 0 bridgehead atoms. The highest BCUT2D eigenvalue weighted by Gasteiger charge is 2.06. The Morgan fingerprint density at radius 3 is 2.67 bits per heavy atom. The zero-order valence-electron chi connectivity index (χ0n) is 9.63. The number of oxazole rings is 1. The van der Waals surface area contributed by atoms with Crippen molar-refractivity contribution in [3.63, 3.8) is 0 Å². The minimum atomic E-state index is 0.204. The Bertz CT molecular complexity index is 723. The fourth-order valence-corrected chi connectivity index (χ4v) is 1.93. The summed E-state index contributed by atoms with van der Waals surface area (Å²) in [5.74, 6) is 0.470. The predicted molar refractivity (Wildman–Crippen MR) is 68.8 cm³/mol. The standard InChI is InChI=1S/C15H10N2O/c16-9-8-15-17-13-10-12(6-7-14(13)18-15)11-4-2-1-3-5-11/h1-7,10H,8H2. The lowest BCUT2D eigenvalue weighted by atomic mass is 10.1. The zero-order valence-corrected chi connectivity index (χ0v) is 9.63. The second-order valence-electron chi connectivity index (χ2n) is 3.99. The third-order valence-corrected chi connectivity index (χ3v) is 2.77. The molecular weight excluding hydrogens is 224 g/mol. The molecule has 0 aliphatic carbocycles. The maximum atomic E-state index is 8.63. The van der Waals surface area contributed by atoms with Crippen molar-refractivity contribution < 1.29 is 4.42 Å². The van der Waals surface area contributed by atoms with Gasteiger partial charge in [-0.3, -0.25) is 0 Å². The van der Waals surface area contributed by atoms with Crippen LogP contribution in [0.25, 0.3) is 22.2 Å². The van der Waals surface area contributed by atoms with Crippen molar-refractivity contribution in [2.45, 2.75) is 6.42 Å². The SMILES string of the molecule is N#CCc1nc2cc(-c3ccccc3)ccc2o1. The number of benzene rings is 2. The first-order valence-electron chi connectivity index (χ1n) is 5.68. The van der Waals surface area contributed by atoms with Crippen molar-refractivity contribution in [2.24, 2.45) is 0 Å². The molecule has 0 unspecified atom stereocenters. The smallest absolute Gasteiger partial charge is 0.209 e. The van der Waals surface area contributed by atoms with Crippen LogP contribution in [0, 0.1) is 11.3 Å². The highest BCUT2D eigenvalue weighted by molar-refractivity contribution is 5.80. The Kier molecular flexibility index (Phi) is 2.54. The van der Waals surface area contributed by atoms with Gasteiger partial charge in [-0.1, -0.05) is 36.4 Å². The molecule has 0 saturated heterocycles. The van der Waals surface area contributed by atoms with E-state index in [0.29, 0.717) is 5.89 Å². The molecule has 0 fully saturated rings. The van der Waals surface area contributed by atoms with E-state index in [0.717, 1.165) is 22.2 Å². The molecule has 3 rings (SSSR count). The second kappa shape index (κ2) is 4.34. The van der Waals surface area contributed by atoms with Crippen LogP contribution in [0.2, 0.25) is 0 Å². The Morgan fingerprint density at radius 1 is 1.06 bits per heavy atom. The van der Waals surface area contributed by atoms with E-state index in [2.05, 4.69) is 17.1 Å². The summed E-state index contributed by atoms with van der Waals surface area (Å²) in [7, 11) is 0. The first-order valence-corrected chi connectivity index (χ1v) is 5.68. The van der Waals surface area contributed by atoms with Gasteiger partial charge in [0.1, 0.15) is 11.9 Å². The summed E-state index contributed by atoms with van der Waals surface area (Å²) in [6.07, 6.45) is 0.204. The van der Waals surface area contributed by atoms with E-state index < -0.39 is 0 Å². The van der Waals surface area contributed by atoms with Crippen LogP contribution in [0.3, 0.4) is 0 Å². The third kappa shape index (κ3) is 1.85. The molecule has 3 heteroatoms. The Labute approximate surface area is 104 Å². The topological polar surface area (TPSA) is 49.8 Å². The van der Waals surface area contributed by atoms with Crippen molar-refractivity contribution in [1.29, 1.82) is 5.26 Å². The second-order valence-corrected chi connectivity index (χ2v) is 3.99. The molecule has 0 spiro atoms. The van der Waals surface area contributed by atoms with E-state index >= 15 is 0 Å². The quantitative estimate of drug-likeness (QED) is 0.681. The van der Waals surface area contributed by atoms with Gasteiger partial charge < -0.3 is 4.42 Å². The summed E-state index contributed by atoms with van der Waals surface area (Å²) in [5, 5.41) is 8.63. The molecule has 86 valence electrons. The van der Waals surface area contributed by atoms with Crippen molar-refractivity contribution in [3.8, 4) is 17.2 Å². The van der Waals surface area contributed by atoms with E-state index in [1.54, 1.807) is 0 Å². The minimum absolute atomic E-state index is 0.204. The molecule has 0 saturated carbocycles. The first-order chi connectivity index (χ1) is 8.86. The third-order valence-electron chi connectivity index (χ3n) is 2.77. The molecule has 0 N–H and O–H groups in total. The number of rotatable bonds is 2. The van der Waals surface area contributed by atoms with Crippen molar-refractivity contribution in [3.05, 3.63) is 54.4 Å². The Hall–Kier alpha value is -2.60. The van der Waals surface area contributed by atoms with E-state index in [-0.39, 0.29) is 6.42 Å². The van der Waals surface area contributed by atoms with Crippen molar-refractivity contribution in [2.75, 3.05) is 0 Å².